The van der Waals surface area contributed by atoms with Crippen LogP contribution in [-0.4, -0.2) is 124 Å². The fourth-order valence-electron chi connectivity index (χ4n) is 5.55. The molecule has 336 valence electrons. The van der Waals surface area contributed by atoms with Crippen molar-refractivity contribution in [2.45, 2.75) is 123 Å². The molecule has 7 atom stereocenters. The molecular formula is C39H63N9O12. The zero-order valence-corrected chi connectivity index (χ0v) is 35.2. The molecule has 1 rings (SSSR count). The number of carbonyl (C=O) groups excluding carboxylic acids is 7. The Labute approximate surface area is 349 Å². The number of aliphatic carboxylic acids is 2. The first kappa shape index (κ1) is 52.2. The molecule has 7 amide bonds. The van der Waals surface area contributed by atoms with Crippen molar-refractivity contribution in [3.05, 3.63) is 29.8 Å². The SMILES string of the molecule is CC(C)[C@H](N)C(=O)N[C@@H](C)C(=O)N[C@@H](CC(=O)O)C(=O)N[C@H](C(=O)N[C@@H](Cc1ccc(O)cc1)C(=O)N[C@H](C(=O)NCC(=O)N[C@@H](CCCCN)C(=O)O)C(C)C)C(C)C. The molecule has 0 bridgehead atoms. The number of hydrogen-bond donors (Lipinski definition) is 12. The average molecular weight is 850 g/mol. The van der Waals surface area contributed by atoms with Crippen LogP contribution in [0.25, 0.3) is 0 Å². The van der Waals surface area contributed by atoms with Gasteiger partial charge in [-0.05, 0) is 68.2 Å². The Bertz CT molecular complexity index is 1650. The Morgan fingerprint density at radius 1 is 0.600 bits per heavy atom. The Kier molecular flexibility index (Phi) is 22.3. The van der Waals surface area contributed by atoms with Crippen LogP contribution in [0.2, 0.25) is 0 Å². The Morgan fingerprint density at radius 3 is 1.63 bits per heavy atom. The molecule has 0 aliphatic carbocycles. The van der Waals surface area contributed by atoms with E-state index >= 15 is 0 Å². The zero-order valence-electron chi connectivity index (χ0n) is 35.2. The first-order valence-electron chi connectivity index (χ1n) is 19.8. The van der Waals surface area contributed by atoms with E-state index in [-0.39, 0.29) is 24.5 Å². The second kappa shape index (κ2) is 25.6. The van der Waals surface area contributed by atoms with Crippen molar-refractivity contribution in [3.63, 3.8) is 0 Å². The van der Waals surface area contributed by atoms with Gasteiger partial charge in [0, 0.05) is 6.42 Å². The van der Waals surface area contributed by atoms with Crippen molar-refractivity contribution in [1.82, 2.24) is 37.2 Å². The summed E-state index contributed by atoms with van der Waals surface area (Å²) in [4.78, 5) is 116. The highest BCUT2D eigenvalue weighted by Gasteiger charge is 2.35. The van der Waals surface area contributed by atoms with E-state index < -0.39 is 120 Å². The minimum absolute atomic E-state index is 0.0731. The molecule has 1 aromatic carbocycles. The van der Waals surface area contributed by atoms with E-state index in [0.717, 1.165) is 0 Å². The number of carboxylic acids is 2. The fourth-order valence-corrected chi connectivity index (χ4v) is 5.55. The van der Waals surface area contributed by atoms with Crippen molar-refractivity contribution in [2.75, 3.05) is 13.1 Å². The van der Waals surface area contributed by atoms with Crippen LogP contribution in [0.15, 0.2) is 24.3 Å². The van der Waals surface area contributed by atoms with Crippen molar-refractivity contribution in [2.24, 2.45) is 29.2 Å². The van der Waals surface area contributed by atoms with E-state index in [9.17, 15) is 58.5 Å². The molecule has 0 heterocycles. The Balaban J connectivity index is 3.26. The smallest absolute Gasteiger partial charge is 0.326 e. The van der Waals surface area contributed by atoms with E-state index in [1.807, 2.05) is 0 Å². The van der Waals surface area contributed by atoms with Gasteiger partial charge in [-0.2, -0.15) is 0 Å². The number of carboxylic acid groups (broad SMARTS) is 2. The van der Waals surface area contributed by atoms with Gasteiger partial charge in [0.05, 0.1) is 19.0 Å². The number of hydrogen-bond acceptors (Lipinski definition) is 12. The summed E-state index contributed by atoms with van der Waals surface area (Å²) in [6, 6.07) is -3.41. The number of nitrogens with one attached hydrogen (secondary N) is 7. The minimum Gasteiger partial charge on any atom is -0.508 e. The van der Waals surface area contributed by atoms with Crippen LogP contribution in [0, 0.1) is 17.8 Å². The first-order chi connectivity index (χ1) is 28.0. The monoisotopic (exact) mass is 849 g/mol. The normalized spacial score (nSPS) is 14.7. The van der Waals surface area contributed by atoms with Crippen molar-refractivity contribution in [1.29, 1.82) is 0 Å². The molecule has 0 aliphatic rings. The summed E-state index contributed by atoms with van der Waals surface area (Å²) >= 11 is 0. The van der Waals surface area contributed by atoms with Crippen LogP contribution in [0.3, 0.4) is 0 Å². The van der Waals surface area contributed by atoms with E-state index in [1.165, 1.54) is 31.2 Å². The summed E-state index contributed by atoms with van der Waals surface area (Å²) in [5.41, 5.74) is 11.8. The predicted molar refractivity (Wildman–Crippen MR) is 217 cm³/mol. The van der Waals surface area contributed by atoms with Crippen molar-refractivity contribution < 1.29 is 58.5 Å². The number of rotatable bonds is 26. The van der Waals surface area contributed by atoms with E-state index in [1.54, 1.807) is 41.5 Å². The van der Waals surface area contributed by atoms with Gasteiger partial charge in [-0.25, -0.2) is 4.79 Å². The molecule has 0 fully saturated rings. The molecule has 0 aromatic heterocycles. The lowest BCUT2D eigenvalue weighted by molar-refractivity contribution is -0.142. The lowest BCUT2D eigenvalue weighted by Gasteiger charge is -2.29. The number of unbranched alkanes of at least 4 members (excludes halogenated alkanes) is 1. The number of phenols is 1. The van der Waals surface area contributed by atoms with Gasteiger partial charge in [0.25, 0.3) is 0 Å². The molecule has 0 saturated heterocycles. The van der Waals surface area contributed by atoms with Crippen LogP contribution < -0.4 is 48.7 Å². The van der Waals surface area contributed by atoms with Gasteiger partial charge in [0.15, 0.2) is 0 Å². The van der Waals surface area contributed by atoms with Crippen molar-refractivity contribution in [3.8, 4) is 5.75 Å². The molecule has 60 heavy (non-hydrogen) atoms. The highest BCUT2D eigenvalue weighted by molar-refractivity contribution is 5.98. The Hall–Kier alpha value is -5.83. The summed E-state index contributed by atoms with van der Waals surface area (Å²) in [5, 5.41) is 45.8. The number of aromatic hydroxyl groups is 1. The standard InChI is InChI=1S/C39H63N9O12/c1-19(2)30(41)36(56)43-22(7)33(53)45-27(17-29(51)52)35(55)48-32(21(5)6)38(58)46-26(16-23-11-13-24(49)14-12-23)34(54)47-31(20(3)4)37(57)42-18-28(50)44-25(39(59)60)10-8-9-15-40/h11-14,19-22,25-27,30-32,49H,8-10,15-18,40-41H2,1-7H3,(H,42,57)(H,43,56)(H,44,50)(H,45,53)(H,46,58)(H,47,54)(H,48,55)(H,51,52)(H,59,60)/t22-,25-,26-,27-,30-,31-,32-/m0/s1. The van der Waals surface area contributed by atoms with Gasteiger partial charge in [0.1, 0.15) is 42.0 Å². The summed E-state index contributed by atoms with van der Waals surface area (Å²) in [6.07, 6.45) is 0.0666. The van der Waals surface area contributed by atoms with Crippen LogP contribution in [-0.2, 0) is 49.6 Å². The maximum Gasteiger partial charge on any atom is 0.326 e. The molecular weight excluding hydrogens is 786 g/mol. The second-order valence-corrected chi connectivity index (χ2v) is 15.5. The first-order valence-corrected chi connectivity index (χ1v) is 19.8. The number of benzene rings is 1. The molecule has 1 aromatic rings. The maximum absolute atomic E-state index is 13.9. The molecule has 0 spiro atoms. The summed E-state index contributed by atoms with van der Waals surface area (Å²) in [6.45, 7) is 10.8. The van der Waals surface area contributed by atoms with Gasteiger partial charge >= 0.3 is 11.9 Å². The lowest BCUT2D eigenvalue weighted by atomic mass is 9.99. The highest BCUT2D eigenvalue weighted by atomic mass is 16.4. The topological polar surface area (TPSA) is 351 Å². The van der Waals surface area contributed by atoms with E-state index in [0.29, 0.717) is 24.9 Å². The molecule has 14 N–H and O–H groups in total. The largest absolute Gasteiger partial charge is 0.508 e. The molecule has 0 radical (unpaired) electrons. The number of nitrogens with two attached hydrogens (primary N) is 2. The third-order valence-corrected chi connectivity index (χ3v) is 9.29. The summed E-state index contributed by atoms with van der Waals surface area (Å²) in [7, 11) is 0. The number of carbonyl (C=O) groups is 9. The van der Waals surface area contributed by atoms with Crippen LogP contribution in [0.1, 0.15) is 79.7 Å². The van der Waals surface area contributed by atoms with Gasteiger partial charge < -0.3 is 64.0 Å². The highest BCUT2D eigenvalue weighted by Crippen LogP contribution is 2.14. The summed E-state index contributed by atoms with van der Waals surface area (Å²) in [5.74, 6) is -10.2. The second-order valence-electron chi connectivity index (χ2n) is 15.5. The van der Waals surface area contributed by atoms with Crippen LogP contribution in [0.4, 0.5) is 0 Å². The third-order valence-electron chi connectivity index (χ3n) is 9.29. The van der Waals surface area contributed by atoms with Gasteiger partial charge in [-0.1, -0.05) is 53.7 Å². The molecule has 0 aliphatic heterocycles. The number of amides is 7. The van der Waals surface area contributed by atoms with Crippen LogP contribution >= 0.6 is 0 Å². The molecule has 0 unspecified atom stereocenters. The molecule has 0 saturated carbocycles. The van der Waals surface area contributed by atoms with Crippen molar-refractivity contribution >= 4 is 53.3 Å². The number of phenolic OH excluding ortho intramolecular Hbond substituents is 1. The zero-order chi connectivity index (χ0) is 45.9. The van der Waals surface area contributed by atoms with Gasteiger partial charge in [-0.3, -0.25) is 38.4 Å². The fraction of sp³-hybridized carbons (Fsp3) is 0.615. The van der Waals surface area contributed by atoms with Gasteiger partial charge in [0.2, 0.25) is 41.4 Å². The summed E-state index contributed by atoms with van der Waals surface area (Å²) < 4.78 is 0. The van der Waals surface area contributed by atoms with Crippen LogP contribution in [0.5, 0.6) is 5.75 Å². The average Bonchev–Trinajstić information content (AvgIpc) is 3.16. The third kappa shape index (κ3) is 18.4. The van der Waals surface area contributed by atoms with E-state index in [4.69, 9.17) is 11.5 Å². The Morgan fingerprint density at radius 2 is 1.13 bits per heavy atom. The van der Waals surface area contributed by atoms with Gasteiger partial charge in [-0.15, -0.1) is 0 Å². The van der Waals surface area contributed by atoms with E-state index in [2.05, 4.69) is 37.2 Å². The molecule has 21 nitrogen and oxygen atoms in total. The lowest BCUT2D eigenvalue weighted by Crippen LogP contribution is -2.61. The minimum atomic E-state index is -1.70. The quantitative estimate of drug-likeness (QED) is 0.0447. The predicted octanol–water partition coefficient (Wildman–Crippen LogP) is -2.04. The molecule has 21 heteroatoms. The maximum atomic E-state index is 13.9.